The number of anilines is 1. The Morgan fingerprint density at radius 3 is 2.67 bits per heavy atom. The minimum Gasteiger partial charge on any atom is -0.506 e. The van der Waals surface area contributed by atoms with Crippen molar-refractivity contribution in [3.05, 3.63) is 55.7 Å². The second kappa shape index (κ2) is 7.08. The monoisotopic (exact) mass is 469 g/mol. The van der Waals surface area contributed by atoms with Crippen LogP contribution >= 0.6 is 44.1 Å². The number of aromatic hydroxyl groups is 1. The molecule has 5 nitrogen and oxygen atoms in total. The number of hydrogen-bond acceptors (Lipinski definition) is 5. The lowest BCUT2D eigenvalue weighted by Gasteiger charge is -2.06. The topological polar surface area (TPSA) is 63.2 Å². The molecule has 0 spiro atoms. The van der Waals surface area contributed by atoms with Crippen molar-refractivity contribution in [2.45, 2.75) is 13.6 Å². The zero-order chi connectivity index (χ0) is 17.3. The standard InChI is InChI=1S/C16H13Br2N3O2S/c1-9-2-4-11(5-3-9)19-8-21-16(24)23-15(20-21)12-6-10(17)7-13(18)14(12)22/h2-7,19,22H,8H2,1H3. The predicted octanol–water partition coefficient (Wildman–Crippen LogP) is 5.48. The van der Waals surface area contributed by atoms with Crippen LogP contribution in [0.2, 0.25) is 0 Å². The van der Waals surface area contributed by atoms with Gasteiger partial charge in [0.2, 0.25) is 0 Å². The van der Waals surface area contributed by atoms with Crippen LogP contribution in [0.25, 0.3) is 11.5 Å². The molecule has 8 heteroatoms. The third-order valence-corrected chi connectivity index (χ3v) is 4.71. The molecule has 0 aliphatic carbocycles. The van der Waals surface area contributed by atoms with Crippen LogP contribution in [0.3, 0.4) is 0 Å². The number of aromatic nitrogens is 2. The molecule has 2 N–H and O–H groups in total. The summed E-state index contributed by atoms with van der Waals surface area (Å²) in [6.07, 6.45) is 0. The summed E-state index contributed by atoms with van der Waals surface area (Å²) in [4.78, 5) is 0.222. The van der Waals surface area contributed by atoms with Crippen LogP contribution in [0.15, 0.2) is 49.8 Å². The quantitative estimate of drug-likeness (QED) is 0.494. The van der Waals surface area contributed by atoms with Gasteiger partial charge in [-0.05, 0) is 59.3 Å². The van der Waals surface area contributed by atoms with E-state index >= 15 is 0 Å². The Hall–Kier alpha value is -1.64. The Morgan fingerprint density at radius 2 is 1.96 bits per heavy atom. The highest BCUT2D eigenvalue weighted by Gasteiger charge is 2.15. The Bertz CT molecular complexity index is 935. The van der Waals surface area contributed by atoms with E-state index in [1.807, 2.05) is 31.2 Å². The Morgan fingerprint density at radius 1 is 1.25 bits per heavy atom. The highest BCUT2D eigenvalue weighted by Crippen LogP contribution is 2.37. The fourth-order valence-corrected chi connectivity index (χ4v) is 3.49. The highest BCUT2D eigenvalue weighted by atomic mass is 79.9. The normalized spacial score (nSPS) is 10.8. The van der Waals surface area contributed by atoms with Gasteiger partial charge in [0.1, 0.15) is 12.4 Å². The van der Waals surface area contributed by atoms with Crippen molar-refractivity contribution in [2.24, 2.45) is 0 Å². The van der Waals surface area contributed by atoms with Crippen molar-refractivity contribution in [3.8, 4) is 17.2 Å². The zero-order valence-corrected chi connectivity index (χ0v) is 16.6. The largest absolute Gasteiger partial charge is 0.506 e. The molecule has 0 fully saturated rings. The van der Waals surface area contributed by atoms with Crippen molar-refractivity contribution in [3.63, 3.8) is 0 Å². The van der Waals surface area contributed by atoms with Crippen LogP contribution < -0.4 is 5.32 Å². The minimum absolute atomic E-state index is 0.0492. The molecule has 2 aromatic carbocycles. The average molecular weight is 471 g/mol. The number of halogens is 2. The molecule has 0 bridgehead atoms. The maximum absolute atomic E-state index is 10.2. The van der Waals surface area contributed by atoms with Gasteiger partial charge in [-0.2, -0.15) is 0 Å². The van der Waals surface area contributed by atoms with Gasteiger partial charge < -0.3 is 14.8 Å². The van der Waals surface area contributed by atoms with Gasteiger partial charge in [-0.1, -0.05) is 33.6 Å². The number of nitrogens with zero attached hydrogens (tertiary/aromatic N) is 2. The summed E-state index contributed by atoms with van der Waals surface area (Å²) in [7, 11) is 0. The van der Waals surface area contributed by atoms with E-state index in [1.54, 1.807) is 12.1 Å². The molecule has 0 aliphatic heterocycles. The highest BCUT2D eigenvalue weighted by molar-refractivity contribution is 9.11. The van der Waals surface area contributed by atoms with E-state index in [-0.39, 0.29) is 16.5 Å². The molecule has 1 aromatic heterocycles. The van der Waals surface area contributed by atoms with E-state index < -0.39 is 0 Å². The Balaban J connectivity index is 1.85. The van der Waals surface area contributed by atoms with E-state index in [2.05, 4.69) is 42.3 Å². The molecule has 0 amide bonds. The van der Waals surface area contributed by atoms with Crippen molar-refractivity contribution >= 4 is 49.8 Å². The number of aryl methyl sites for hydroxylation is 1. The molecule has 0 saturated carbocycles. The molecular formula is C16H13Br2N3O2S. The predicted molar refractivity (Wildman–Crippen MR) is 103 cm³/mol. The van der Waals surface area contributed by atoms with Crippen molar-refractivity contribution in [1.29, 1.82) is 0 Å². The lowest BCUT2D eigenvalue weighted by atomic mass is 10.2. The summed E-state index contributed by atoms with van der Waals surface area (Å²) in [6, 6.07) is 11.5. The lowest BCUT2D eigenvalue weighted by molar-refractivity contribution is 0.468. The van der Waals surface area contributed by atoms with Crippen LogP contribution in [-0.4, -0.2) is 14.9 Å². The Labute approximate surface area is 160 Å². The second-order valence-corrected chi connectivity index (χ2v) is 7.28. The van der Waals surface area contributed by atoms with Crippen molar-refractivity contribution < 1.29 is 9.52 Å². The summed E-state index contributed by atoms with van der Waals surface area (Å²) < 4.78 is 8.38. The molecule has 24 heavy (non-hydrogen) atoms. The zero-order valence-electron chi connectivity index (χ0n) is 12.6. The van der Waals surface area contributed by atoms with Crippen molar-refractivity contribution in [2.75, 3.05) is 5.32 Å². The van der Waals surface area contributed by atoms with E-state index in [1.165, 1.54) is 10.2 Å². The summed E-state index contributed by atoms with van der Waals surface area (Å²) in [5, 5.41) is 17.7. The second-order valence-electron chi connectivity index (χ2n) is 5.16. The van der Waals surface area contributed by atoms with E-state index in [0.717, 1.165) is 10.2 Å². The summed E-state index contributed by atoms with van der Waals surface area (Å²) in [5.41, 5.74) is 2.60. The van der Waals surface area contributed by atoms with Gasteiger partial charge in [-0.15, -0.1) is 5.10 Å². The summed E-state index contributed by atoms with van der Waals surface area (Å²) >= 11 is 11.9. The van der Waals surface area contributed by atoms with Crippen LogP contribution in [0.1, 0.15) is 5.56 Å². The van der Waals surface area contributed by atoms with Gasteiger partial charge in [0.05, 0.1) is 10.0 Å². The fraction of sp³-hybridized carbons (Fsp3) is 0.125. The minimum atomic E-state index is 0.0492. The molecular weight excluding hydrogens is 458 g/mol. The number of hydrogen-bond donors (Lipinski definition) is 2. The van der Waals surface area contributed by atoms with Gasteiger partial charge >= 0.3 is 0 Å². The maximum atomic E-state index is 10.2. The van der Waals surface area contributed by atoms with Gasteiger partial charge in [-0.25, -0.2) is 4.68 Å². The number of nitrogens with one attached hydrogen (secondary N) is 1. The lowest BCUT2D eigenvalue weighted by Crippen LogP contribution is -2.09. The first-order valence-corrected chi connectivity index (χ1v) is 9.00. The molecule has 124 valence electrons. The van der Waals surface area contributed by atoms with Crippen molar-refractivity contribution in [1.82, 2.24) is 9.78 Å². The number of phenolic OH excluding ortho intramolecular Hbond substituents is 1. The SMILES string of the molecule is Cc1ccc(NCn2nc(-c3cc(Br)cc(Br)c3O)oc2=S)cc1. The van der Waals surface area contributed by atoms with Gasteiger partial charge in [0.15, 0.2) is 0 Å². The van der Waals surface area contributed by atoms with Crippen LogP contribution in [0.4, 0.5) is 5.69 Å². The number of phenols is 1. The van der Waals surface area contributed by atoms with Crippen LogP contribution in [0.5, 0.6) is 5.75 Å². The van der Waals surface area contributed by atoms with Gasteiger partial charge in [0, 0.05) is 10.2 Å². The summed E-state index contributed by atoms with van der Waals surface area (Å²) in [5.74, 6) is 0.304. The first-order valence-electron chi connectivity index (χ1n) is 7.01. The first-order chi connectivity index (χ1) is 11.4. The van der Waals surface area contributed by atoms with Crippen LogP contribution in [-0.2, 0) is 6.67 Å². The third-order valence-electron chi connectivity index (χ3n) is 3.35. The maximum Gasteiger partial charge on any atom is 0.289 e. The molecule has 0 unspecified atom stereocenters. The smallest absolute Gasteiger partial charge is 0.289 e. The third kappa shape index (κ3) is 3.71. The van der Waals surface area contributed by atoms with E-state index in [9.17, 15) is 5.11 Å². The number of rotatable bonds is 4. The molecule has 3 aromatic rings. The molecule has 1 heterocycles. The summed E-state index contributed by atoms with van der Waals surface area (Å²) in [6.45, 7) is 2.40. The average Bonchev–Trinajstić information content (AvgIpc) is 2.91. The van der Waals surface area contributed by atoms with E-state index in [0.29, 0.717) is 16.7 Å². The fourth-order valence-electron chi connectivity index (χ4n) is 2.08. The molecule has 0 atom stereocenters. The number of benzene rings is 2. The van der Waals surface area contributed by atoms with E-state index in [4.69, 9.17) is 16.6 Å². The van der Waals surface area contributed by atoms with Crippen LogP contribution in [0, 0.1) is 11.8 Å². The first kappa shape index (κ1) is 17.2. The van der Waals surface area contributed by atoms with Gasteiger partial charge in [-0.3, -0.25) is 0 Å². The molecule has 0 saturated heterocycles. The molecule has 3 rings (SSSR count). The molecule has 0 radical (unpaired) electrons. The van der Waals surface area contributed by atoms with Gasteiger partial charge in [0.25, 0.3) is 10.7 Å². The molecule has 0 aliphatic rings. The Kier molecular flexibility index (Phi) is 5.07.